The fourth-order valence-corrected chi connectivity index (χ4v) is 1.72. The highest BCUT2D eigenvalue weighted by atomic mass is 16.1. The van der Waals surface area contributed by atoms with Gasteiger partial charge in [-0.1, -0.05) is 26.8 Å². The predicted molar refractivity (Wildman–Crippen MR) is 62.7 cm³/mol. The van der Waals surface area contributed by atoms with Gasteiger partial charge in [0.2, 0.25) is 0 Å². The molecule has 0 rings (SSSR count). The Balaban J connectivity index is 4.27. The van der Waals surface area contributed by atoms with Crippen LogP contribution in [0, 0.1) is 11.8 Å². The summed E-state index contributed by atoms with van der Waals surface area (Å²) < 4.78 is 0. The van der Waals surface area contributed by atoms with Gasteiger partial charge in [-0.2, -0.15) is 0 Å². The number of hydrogen-bond donors (Lipinski definition) is 0. The Morgan fingerprint density at radius 3 is 1.93 bits per heavy atom. The third-order valence-electron chi connectivity index (χ3n) is 2.93. The summed E-state index contributed by atoms with van der Waals surface area (Å²) in [6.45, 7) is 9.52. The van der Waals surface area contributed by atoms with Gasteiger partial charge in [0, 0.05) is 11.8 Å². The lowest BCUT2D eigenvalue weighted by molar-refractivity contribution is -0.130. The van der Waals surface area contributed by atoms with E-state index < -0.39 is 0 Å². The normalized spacial score (nSPS) is 12.5. The monoisotopic (exact) mass is 210 g/mol. The summed E-state index contributed by atoms with van der Waals surface area (Å²) >= 11 is 0. The molecule has 0 heterocycles. The highest BCUT2D eigenvalue weighted by Gasteiger charge is 2.21. The molecule has 0 saturated heterocycles. The molecule has 2 heteroatoms. The van der Waals surface area contributed by atoms with Gasteiger partial charge in [0.25, 0.3) is 0 Å². The lowest BCUT2D eigenvalue weighted by atomic mass is 9.90. The molecule has 2 nitrogen and oxygen atoms in total. The van der Waals surface area contributed by atoms with Gasteiger partial charge >= 0.3 is 0 Å². The number of rotatable bonds is 8. The number of ketones is 2. The molecule has 1 atom stereocenters. The van der Waals surface area contributed by atoms with Crippen molar-refractivity contribution in [1.29, 1.82) is 0 Å². The molecular weight excluding hydrogens is 188 g/mol. The first kappa shape index (κ1) is 14.1. The molecule has 0 bridgehead atoms. The largest absolute Gasteiger partial charge is 0.299 e. The molecular formula is C13H22O2. The lowest BCUT2D eigenvalue weighted by Gasteiger charge is -2.12. The van der Waals surface area contributed by atoms with Crippen molar-refractivity contribution in [3.8, 4) is 0 Å². The molecule has 0 aliphatic carbocycles. The first-order chi connectivity index (χ1) is 7.10. The van der Waals surface area contributed by atoms with Crippen LogP contribution >= 0.6 is 0 Å². The molecule has 0 fully saturated rings. The summed E-state index contributed by atoms with van der Waals surface area (Å²) in [5, 5.41) is 0. The van der Waals surface area contributed by atoms with Crippen molar-refractivity contribution in [2.24, 2.45) is 11.8 Å². The zero-order valence-electron chi connectivity index (χ0n) is 10.1. The van der Waals surface area contributed by atoms with Crippen LogP contribution in [-0.2, 0) is 9.59 Å². The first-order valence-electron chi connectivity index (χ1n) is 5.78. The summed E-state index contributed by atoms with van der Waals surface area (Å²) in [5.41, 5.74) is 0. The smallest absolute Gasteiger partial charge is 0.147 e. The van der Waals surface area contributed by atoms with Crippen LogP contribution in [0.5, 0.6) is 0 Å². The molecule has 0 aromatic carbocycles. The molecule has 0 aromatic rings. The number of carbonyl (C=O) groups is 2. The summed E-state index contributed by atoms with van der Waals surface area (Å²) in [4.78, 5) is 23.4. The SMILES string of the molecule is C=CC(CC)C(=O)CC(=O)C(CC)CC. The van der Waals surface area contributed by atoms with Gasteiger partial charge in [0.05, 0.1) is 6.42 Å². The zero-order valence-corrected chi connectivity index (χ0v) is 10.1. The maximum absolute atomic E-state index is 11.7. The topological polar surface area (TPSA) is 34.1 Å². The molecule has 0 N–H and O–H groups in total. The van der Waals surface area contributed by atoms with E-state index in [9.17, 15) is 9.59 Å². The van der Waals surface area contributed by atoms with Crippen molar-refractivity contribution in [2.45, 2.75) is 46.5 Å². The number of hydrogen-bond acceptors (Lipinski definition) is 2. The Bertz CT molecular complexity index is 227. The Labute approximate surface area is 92.8 Å². The number of Topliss-reactive ketones (excluding diaryl/α,β-unsaturated/α-hetero) is 2. The van der Waals surface area contributed by atoms with Crippen LogP contribution in [-0.4, -0.2) is 11.6 Å². The van der Waals surface area contributed by atoms with E-state index in [0.717, 1.165) is 19.3 Å². The second-order valence-electron chi connectivity index (χ2n) is 3.87. The highest BCUT2D eigenvalue weighted by molar-refractivity contribution is 6.01. The summed E-state index contributed by atoms with van der Waals surface area (Å²) in [6.07, 6.45) is 4.11. The average Bonchev–Trinajstić information content (AvgIpc) is 2.21. The van der Waals surface area contributed by atoms with Crippen molar-refractivity contribution >= 4 is 11.6 Å². The molecule has 0 amide bonds. The van der Waals surface area contributed by atoms with E-state index in [0.29, 0.717) is 0 Å². The quantitative estimate of drug-likeness (QED) is 0.455. The molecule has 0 aliphatic rings. The van der Waals surface area contributed by atoms with Crippen LogP contribution in [0.3, 0.4) is 0 Å². The first-order valence-corrected chi connectivity index (χ1v) is 5.78. The van der Waals surface area contributed by atoms with E-state index in [1.807, 2.05) is 20.8 Å². The average molecular weight is 210 g/mol. The van der Waals surface area contributed by atoms with Crippen molar-refractivity contribution in [3.05, 3.63) is 12.7 Å². The predicted octanol–water partition coefficient (Wildman–Crippen LogP) is 3.16. The van der Waals surface area contributed by atoms with E-state index in [4.69, 9.17) is 0 Å². The van der Waals surface area contributed by atoms with Crippen LogP contribution < -0.4 is 0 Å². The van der Waals surface area contributed by atoms with Gasteiger partial charge in [0.1, 0.15) is 11.6 Å². The van der Waals surface area contributed by atoms with Crippen LogP contribution in [0.4, 0.5) is 0 Å². The van der Waals surface area contributed by atoms with Crippen LogP contribution in [0.1, 0.15) is 46.5 Å². The third kappa shape index (κ3) is 4.41. The van der Waals surface area contributed by atoms with Gasteiger partial charge in [-0.25, -0.2) is 0 Å². The van der Waals surface area contributed by atoms with Crippen molar-refractivity contribution in [1.82, 2.24) is 0 Å². The molecule has 1 unspecified atom stereocenters. The van der Waals surface area contributed by atoms with E-state index in [1.165, 1.54) is 0 Å². The maximum Gasteiger partial charge on any atom is 0.147 e. The standard InChI is InChI=1S/C13H22O2/c1-5-10(6-2)12(14)9-13(15)11(7-3)8-4/h5,10-11H,1,6-9H2,2-4H3. The second kappa shape index (κ2) is 7.38. The van der Waals surface area contributed by atoms with Crippen LogP contribution in [0.2, 0.25) is 0 Å². The highest BCUT2D eigenvalue weighted by Crippen LogP contribution is 2.15. The molecule has 0 spiro atoms. The molecule has 0 aromatic heterocycles. The second-order valence-corrected chi connectivity index (χ2v) is 3.87. The van der Waals surface area contributed by atoms with Crippen molar-refractivity contribution in [3.63, 3.8) is 0 Å². The third-order valence-corrected chi connectivity index (χ3v) is 2.93. The molecule has 15 heavy (non-hydrogen) atoms. The summed E-state index contributed by atoms with van der Waals surface area (Å²) in [5.74, 6) is 0.00860. The fourth-order valence-electron chi connectivity index (χ4n) is 1.72. The van der Waals surface area contributed by atoms with E-state index >= 15 is 0 Å². The number of carbonyl (C=O) groups excluding carboxylic acids is 2. The number of allylic oxidation sites excluding steroid dienone is 1. The van der Waals surface area contributed by atoms with Crippen LogP contribution in [0.15, 0.2) is 12.7 Å². The van der Waals surface area contributed by atoms with Gasteiger partial charge in [0.15, 0.2) is 0 Å². The molecule has 0 saturated carbocycles. The Morgan fingerprint density at radius 1 is 1.07 bits per heavy atom. The van der Waals surface area contributed by atoms with Crippen LogP contribution in [0.25, 0.3) is 0 Å². The van der Waals surface area contributed by atoms with E-state index in [-0.39, 0.29) is 29.8 Å². The van der Waals surface area contributed by atoms with Gasteiger partial charge in [-0.05, 0) is 19.3 Å². The maximum atomic E-state index is 11.7. The molecule has 86 valence electrons. The van der Waals surface area contributed by atoms with Crippen molar-refractivity contribution in [2.75, 3.05) is 0 Å². The fraction of sp³-hybridized carbons (Fsp3) is 0.692. The zero-order chi connectivity index (χ0) is 11.8. The Hall–Kier alpha value is -0.920. The van der Waals surface area contributed by atoms with E-state index in [1.54, 1.807) is 6.08 Å². The minimum atomic E-state index is -0.150. The Kier molecular flexibility index (Phi) is 6.93. The van der Waals surface area contributed by atoms with E-state index in [2.05, 4.69) is 6.58 Å². The van der Waals surface area contributed by atoms with Crippen molar-refractivity contribution < 1.29 is 9.59 Å². The summed E-state index contributed by atoms with van der Waals surface area (Å²) in [6, 6.07) is 0. The van der Waals surface area contributed by atoms with Gasteiger partial charge in [-0.3, -0.25) is 9.59 Å². The lowest BCUT2D eigenvalue weighted by Crippen LogP contribution is -2.21. The molecule has 0 radical (unpaired) electrons. The minimum Gasteiger partial charge on any atom is -0.299 e. The summed E-state index contributed by atoms with van der Waals surface area (Å²) in [7, 11) is 0. The molecule has 0 aliphatic heterocycles. The minimum absolute atomic E-state index is 0.0180. The van der Waals surface area contributed by atoms with Gasteiger partial charge < -0.3 is 0 Å². The Morgan fingerprint density at radius 2 is 1.60 bits per heavy atom. The van der Waals surface area contributed by atoms with Gasteiger partial charge in [-0.15, -0.1) is 6.58 Å².